The van der Waals surface area contributed by atoms with Gasteiger partial charge in [-0.1, -0.05) is 6.07 Å². The van der Waals surface area contributed by atoms with Gasteiger partial charge in [0.05, 0.1) is 26.2 Å². The monoisotopic (exact) mass is 552 g/mol. The van der Waals surface area contributed by atoms with Gasteiger partial charge in [-0.2, -0.15) is 0 Å². The number of aromatic hydroxyl groups is 2. The molecule has 0 radical (unpaired) electrons. The molecule has 1 amide bonds. The van der Waals surface area contributed by atoms with Gasteiger partial charge in [0.15, 0.2) is 28.8 Å². The molecular weight excluding hydrogens is 520 g/mol. The Morgan fingerprint density at radius 2 is 1.98 bits per heavy atom. The highest BCUT2D eigenvalue weighted by atomic mass is 16.7. The second kappa shape index (κ2) is 11.0. The van der Waals surface area contributed by atoms with Crippen LogP contribution in [0, 0.1) is 6.92 Å². The number of hydrogen-bond acceptors (Lipinski definition) is 10. The van der Waals surface area contributed by atoms with Crippen LogP contribution in [0.4, 0.5) is 0 Å². The van der Waals surface area contributed by atoms with Gasteiger partial charge in [0.1, 0.15) is 5.76 Å². The Labute approximate surface area is 230 Å². The van der Waals surface area contributed by atoms with Crippen LogP contribution in [0.15, 0.2) is 39.5 Å². The van der Waals surface area contributed by atoms with E-state index >= 15 is 0 Å². The minimum Gasteiger partial charge on any atom is -0.504 e. The smallest absolute Gasteiger partial charge is 0.231 e. The molecule has 11 nitrogen and oxygen atoms in total. The third kappa shape index (κ3) is 5.00. The van der Waals surface area contributed by atoms with Gasteiger partial charge < -0.3 is 38.9 Å². The van der Waals surface area contributed by atoms with Crippen molar-refractivity contribution in [3.05, 3.63) is 68.8 Å². The molecule has 3 aromatic rings. The van der Waals surface area contributed by atoms with Crippen LogP contribution in [0.2, 0.25) is 0 Å². The zero-order valence-electron chi connectivity index (χ0n) is 22.8. The normalized spacial score (nSPS) is 16.8. The first-order chi connectivity index (χ1) is 19.2. The zero-order valence-corrected chi connectivity index (χ0v) is 22.8. The van der Waals surface area contributed by atoms with Crippen molar-refractivity contribution >= 4 is 5.91 Å². The Kier molecular flexibility index (Phi) is 7.49. The maximum Gasteiger partial charge on any atom is 0.231 e. The van der Waals surface area contributed by atoms with Crippen molar-refractivity contribution in [3.63, 3.8) is 0 Å². The van der Waals surface area contributed by atoms with E-state index in [9.17, 15) is 19.8 Å². The molecule has 0 unspecified atom stereocenters. The number of phenols is 1. The summed E-state index contributed by atoms with van der Waals surface area (Å²) >= 11 is 0. The van der Waals surface area contributed by atoms with Gasteiger partial charge in [-0.15, -0.1) is 0 Å². The summed E-state index contributed by atoms with van der Waals surface area (Å²) in [5.41, 5.74) is 1.91. The molecule has 2 atom stereocenters. The summed E-state index contributed by atoms with van der Waals surface area (Å²) in [6.07, 6.45) is 0.648. The quantitative estimate of drug-likeness (QED) is 0.382. The van der Waals surface area contributed by atoms with Gasteiger partial charge in [0, 0.05) is 31.1 Å². The number of carbonyl (C=O) groups is 1. The predicted octanol–water partition coefficient (Wildman–Crippen LogP) is 2.97. The number of nitrogens with one attached hydrogen (secondary N) is 1. The number of amides is 1. The fraction of sp³-hybridized carbons (Fsp3) is 0.379. The van der Waals surface area contributed by atoms with Crippen molar-refractivity contribution in [2.45, 2.75) is 31.7 Å². The largest absolute Gasteiger partial charge is 0.504 e. The number of rotatable bonds is 8. The highest BCUT2D eigenvalue weighted by Crippen LogP contribution is 2.49. The average molecular weight is 553 g/mol. The number of ether oxygens (including phenoxy) is 4. The topological polar surface area (TPSA) is 140 Å². The Bertz CT molecular complexity index is 1500. The maximum absolute atomic E-state index is 13.4. The second-order valence-electron chi connectivity index (χ2n) is 9.89. The summed E-state index contributed by atoms with van der Waals surface area (Å²) in [7, 11) is 4.97. The lowest BCUT2D eigenvalue weighted by Crippen LogP contribution is -2.40. The fourth-order valence-corrected chi connectivity index (χ4v) is 5.39. The lowest BCUT2D eigenvalue weighted by molar-refractivity contribution is -0.121. The van der Waals surface area contributed by atoms with Gasteiger partial charge in [-0.25, -0.2) is 0 Å². The van der Waals surface area contributed by atoms with E-state index in [0.717, 1.165) is 24.1 Å². The third-order valence-electron chi connectivity index (χ3n) is 7.42. The molecule has 1 aromatic heterocycles. The molecule has 0 saturated carbocycles. The molecule has 40 heavy (non-hydrogen) atoms. The lowest BCUT2D eigenvalue weighted by atomic mass is 9.90. The second-order valence-corrected chi connectivity index (χ2v) is 9.89. The van der Waals surface area contributed by atoms with E-state index in [0.29, 0.717) is 28.6 Å². The number of fused-ring (bicyclic) bond motifs is 2. The highest BCUT2D eigenvalue weighted by molar-refractivity contribution is 5.78. The molecule has 0 aliphatic carbocycles. The van der Waals surface area contributed by atoms with Crippen LogP contribution < -0.4 is 29.7 Å². The molecule has 11 heteroatoms. The first-order valence-corrected chi connectivity index (χ1v) is 12.9. The van der Waals surface area contributed by atoms with Crippen molar-refractivity contribution in [1.82, 2.24) is 10.2 Å². The molecule has 2 aliphatic heterocycles. The van der Waals surface area contributed by atoms with Crippen LogP contribution >= 0.6 is 0 Å². The van der Waals surface area contributed by atoms with Gasteiger partial charge in [-0.3, -0.25) is 14.5 Å². The summed E-state index contributed by atoms with van der Waals surface area (Å²) in [4.78, 5) is 27.9. The van der Waals surface area contributed by atoms with E-state index < -0.39 is 17.1 Å². The number of carbonyl (C=O) groups excluding carboxylic acids is 1. The highest BCUT2D eigenvalue weighted by Gasteiger charge is 2.34. The number of methoxy groups -OCH3 is 2. The Balaban J connectivity index is 1.43. The SMILES string of the molecule is COc1cc([C@H](CC(=O)NC[C@H]2c3c(cc4c(c3OC)OCO4)CCN2C)c2oc(C)cc(=O)c2O)ccc1O. The van der Waals surface area contributed by atoms with Gasteiger partial charge in [-0.05, 0) is 49.7 Å². The minimum atomic E-state index is -0.832. The van der Waals surface area contributed by atoms with Crippen molar-refractivity contribution in [2.75, 3.05) is 41.1 Å². The van der Waals surface area contributed by atoms with E-state index in [1.165, 1.54) is 19.2 Å². The van der Waals surface area contributed by atoms with Crippen molar-refractivity contribution < 1.29 is 38.4 Å². The fourth-order valence-electron chi connectivity index (χ4n) is 5.39. The summed E-state index contributed by atoms with van der Waals surface area (Å²) in [6.45, 7) is 2.76. The van der Waals surface area contributed by atoms with Gasteiger partial charge in [0.2, 0.25) is 29.6 Å². The van der Waals surface area contributed by atoms with Crippen LogP contribution in [-0.2, 0) is 11.2 Å². The predicted molar refractivity (Wildman–Crippen MR) is 144 cm³/mol. The summed E-state index contributed by atoms with van der Waals surface area (Å²) in [5.74, 6) is 0.411. The summed E-state index contributed by atoms with van der Waals surface area (Å²) in [5, 5.41) is 23.7. The van der Waals surface area contributed by atoms with Crippen molar-refractivity contribution in [2.24, 2.45) is 0 Å². The van der Waals surface area contributed by atoms with Gasteiger partial charge >= 0.3 is 0 Å². The first-order valence-electron chi connectivity index (χ1n) is 12.9. The molecule has 3 N–H and O–H groups in total. The minimum absolute atomic E-state index is 0.0394. The zero-order chi connectivity index (χ0) is 28.6. The van der Waals surface area contributed by atoms with E-state index in [4.69, 9.17) is 23.4 Å². The standard InChI is InChI=1S/C29H32N2O9/c1-15-9-21(33)26(35)27(40-15)18(16-5-6-20(32)22(10-16)36-3)12-24(34)30-13-19-25-17(7-8-31(19)2)11-23-28(29(25)37-4)39-14-38-23/h5-6,9-11,18-19,32,35H,7-8,12-14H2,1-4H3,(H,30,34)/t18-,19-/m0/s1. The van der Waals surface area contributed by atoms with Crippen molar-refractivity contribution in [3.8, 4) is 34.5 Å². The molecule has 212 valence electrons. The molecule has 2 aromatic carbocycles. The number of likely N-dealkylation sites (N-methyl/N-ethyl adjacent to an activating group) is 1. The molecule has 0 fully saturated rings. The van der Waals surface area contributed by atoms with Crippen molar-refractivity contribution in [1.29, 1.82) is 0 Å². The molecule has 2 aliphatic rings. The molecule has 0 saturated heterocycles. The Morgan fingerprint density at radius 3 is 2.73 bits per heavy atom. The van der Waals surface area contributed by atoms with Crippen LogP contribution in [0.1, 0.15) is 46.6 Å². The Morgan fingerprint density at radius 1 is 1.18 bits per heavy atom. The van der Waals surface area contributed by atoms with E-state index in [1.54, 1.807) is 26.2 Å². The van der Waals surface area contributed by atoms with Crippen LogP contribution in [0.25, 0.3) is 0 Å². The molecule has 0 bridgehead atoms. The van der Waals surface area contributed by atoms with Crippen LogP contribution in [0.3, 0.4) is 0 Å². The van der Waals surface area contributed by atoms with Crippen LogP contribution in [0.5, 0.6) is 34.5 Å². The van der Waals surface area contributed by atoms with E-state index in [-0.39, 0.29) is 49.0 Å². The first kappa shape index (κ1) is 27.2. The third-order valence-corrected chi connectivity index (χ3v) is 7.42. The number of hydrogen-bond donors (Lipinski definition) is 3. The summed E-state index contributed by atoms with van der Waals surface area (Å²) in [6, 6.07) is 7.52. The number of aryl methyl sites for hydroxylation is 1. The average Bonchev–Trinajstić information content (AvgIpc) is 3.41. The Hall–Kier alpha value is -4.38. The number of benzene rings is 2. The molecule has 3 heterocycles. The van der Waals surface area contributed by atoms with Gasteiger partial charge in [0.25, 0.3) is 0 Å². The van der Waals surface area contributed by atoms with E-state index in [2.05, 4.69) is 10.2 Å². The lowest BCUT2D eigenvalue weighted by Gasteiger charge is -2.36. The molecule has 0 spiro atoms. The van der Waals surface area contributed by atoms with Crippen LogP contribution in [-0.4, -0.2) is 62.2 Å². The summed E-state index contributed by atoms with van der Waals surface area (Å²) < 4.78 is 28.0. The molecule has 5 rings (SSSR count). The number of phenolic OH excluding ortho intramolecular Hbond substituents is 1. The number of nitrogens with zero attached hydrogens (tertiary/aromatic N) is 1. The maximum atomic E-state index is 13.4. The molecular formula is C29H32N2O9. The van der Waals surface area contributed by atoms with E-state index in [1.807, 2.05) is 13.1 Å².